The zero-order valence-corrected chi connectivity index (χ0v) is 30.3. The number of benzene rings is 1. The van der Waals surface area contributed by atoms with E-state index in [0.29, 0.717) is 44.8 Å². The van der Waals surface area contributed by atoms with Crippen LogP contribution in [-0.2, 0) is 28.1 Å². The molecule has 0 radical (unpaired) electrons. The van der Waals surface area contributed by atoms with Gasteiger partial charge in [0.05, 0.1) is 30.2 Å². The van der Waals surface area contributed by atoms with Gasteiger partial charge >= 0.3 is 6.18 Å². The number of carbonyl (C=O) groups excluding carboxylic acids is 3. The SMILES string of the molecule is CC(C)(c1n[nH]c(CNC(=O)c2cnn(-c3ncc(-c4ccc(CN5CCN(c6ncc(NC7CCC(=O)NC7=O)cc6F)CC5)cc4)cn3)c2)n1)C(F)(F)F. The van der Waals surface area contributed by atoms with Crippen molar-refractivity contribution in [3.05, 3.63) is 89.9 Å². The summed E-state index contributed by atoms with van der Waals surface area (Å²) >= 11 is 0. The van der Waals surface area contributed by atoms with E-state index in [-0.39, 0.29) is 42.0 Å². The van der Waals surface area contributed by atoms with Crippen LogP contribution in [0.15, 0.2) is 61.3 Å². The van der Waals surface area contributed by atoms with Crippen LogP contribution in [0.4, 0.5) is 29.1 Å². The Morgan fingerprint density at radius 3 is 2.38 bits per heavy atom. The van der Waals surface area contributed by atoms with Crippen LogP contribution in [0.2, 0.25) is 0 Å². The summed E-state index contributed by atoms with van der Waals surface area (Å²) in [5, 5.41) is 18.1. The fourth-order valence-electron chi connectivity index (χ4n) is 6.14. The Morgan fingerprint density at radius 2 is 1.70 bits per heavy atom. The summed E-state index contributed by atoms with van der Waals surface area (Å²) in [6, 6.07) is 8.71. The van der Waals surface area contributed by atoms with Gasteiger partial charge in [-0.15, -0.1) is 0 Å². The lowest BCUT2D eigenvalue weighted by Gasteiger charge is -2.35. The van der Waals surface area contributed by atoms with Crippen molar-refractivity contribution in [1.82, 2.24) is 55.4 Å². The summed E-state index contributed by atoms with van der Waals surface area (Å²) in [5.74, 6) is -1.63. The molecule has 292 valence electrons. The maximum atomic E-state index is 15.1. The molecule has 2 saturated heterocycles. The first-order valence-electron chi connectivity index (χ1n) is 17.7. The third kappa shape index (κ3) is 8.33. The summed E-state index contributed by atoms with van der Waals surface area (Å²) in [4.78, 5) is 57.3. The Morgan fingerprint density at radius 1 is 0.964 bits per heavy atom. The Bertz CT molecular complexity index is 2210. The van der Waals surface area contributed by atoms with Crippen molar-refractivity contribution in [3.63, 3.8) is 0 Å². The van der Waals surface area contributed by atoms with E-state index in [9.17, 15) is 27.6 Å². The normalized spacial score (nSPS) is 16.8. The van der Waals surface area contributed by atoms with Gasteiger partial charge in [0.2, 0.25) is 17.8 Å². The second-order valence-electron chi connectivity index (χ2n) is 14.0. The highest BCUT2D eigenvalue weighted by Crippen LogP contribution is 2.38. The van der Waals surface area contributed by atoms with Crippen LogP contribution in [0.5, 0.6) is 0 Å². The van der Waals surface area contributed by atoms with Crippen LogP contribution in [-0.4, -0.2) is 101 Å². The number of pyridine rings is 1. The standard InChI is InChI=1S/C36H37F4N13O3/c1-35(2,36(38,39)40)33-47-28(49-50-33)18-42-31(55)24-16-45-53(20-24)34-43-14-23(15-44-34)22-5-3-21(4-6-22)19-51-9-11-52(12-10-51)30-26(37)13-25(17-41-30)46-27-7-8-29(54)48-32(27)56/h3-6,13-17,20,27,46H,7-12,18-19H2,1-2H3,(H,42,55)(H,47,49,50)(H,48,54,56). The molecule has 3 amide bonds. The topological polar surface area (TPSA) is 192 Å². The lowest BCUT2D eigenvalue weighted by Crippen LogP contribution is -2.47. The van der Waals surface area contributed by atoms with Crippen LogP contribution in [0.3, 0.4) is 0 Å². The van der Waals surface area contributed by atoms with E-state index >= 15 is 4.39 Å². The molecule has 56 heavy (non-hydrogen) atoms. The zero-order valence-electron chi connectivity index (χ0n) is 30.3. The van der Waals surface area contributed by atoms with Gasteiger partial charge in [0.25, 0.3) is 5.91 Å². The number of rotatable bonds is 11. The second kappa shape index (κ2) is 15.4. The van der Waals surface area contributed by atoms with Gasteiger partial charge in [-0.25, -0.2) is 29.0 Å². The van der Waals surface area contributed by atoms with Crippen LogP contribution >= 0.6 is 0 Å². The molecule has 0 aliphatic carbocycles. The number of aromatic nitrogens is 8. The number of piperazine rings is 1. The number of anilines is 2. The van der Waals surface area contributed by atoms with Crippen LogP contribution in [0.1, 0.15) is 54.3 Å². The average Bonchev–Trinajstić information content (AvgIpc) is 3.87. The van der Waals surface area contributed by atoms with Gasteiger partial charge in [-0.1, -0.05) is 24.3 Å². The van der Waals surface area contributed by atoms with Crippen molar-refractivity contribution in [1.29, 1.82) is 0 Å². The predicted octanol–water partition coefficient (Wildman–Crippen LogP) is 3.29. The molecule has 16 nitrogen and oxygen atoms in total. The number of hydrogen-bond donors (Lipinski definition) is 4. The first kappa shape index (κ1) is 38.0. The van der Waals surface area contributed by atoms with Crippen molar-refractivity contribution >= 4 is 29.2 Å². The Balaban J connectivity index is 0.878. The smallest absolute Gasteiger partial charge is 0.372 e. The molecular formula is C36H37F4N13O3. The molecule has 0 saturated carbocycles. The van der Waals surface area contributed by atoms with Gasteiger partial charge in [-0.05, 0) is 31.4 Å². The number of nitrogens with zero attached hydrogens (tertiary/aromatic N) is 9. The lowest BCUT2D eigenvalue weighted by atomic mass is 9.92. The Hall–Kier alpha value is -6.31. The lowest BCUT2D eigenvalue weighted by molar-refractivity contribution is -0.182. The first-order valence-corrected chi connectivity index (χ1v) is 17.7. The number of alkyl halides is 3. The number of nitrogens with one attached hydrogen (secondary N) is 4. The van der Waals surface area contributed by atoms with E-state index in [0.717, 1.165) is 30.5 Å². The summed E-state index contributed by atoms with van der Waals surface area (Å²) in [7, 11) is 0. The Labute approximate surface area is 317 Å². The maximum Gasteiger partial charge on any atom is 0.401 e. The van der Waals surface area contributed by atoms with E-state index in [2.05, 4.69) is 56.1 Å². The minimum Gasteiger partial charge on any atom is -0.372 e. The van der Waals surface area contributed by atoms with Crippen molar-refractivity contribution in [3.8, 4) is 17.1 Å². The Kier molecular flexibility index (Phi) is 10.5. The average molecular weight is 776 g/mol. The largest absolute Gasteiger partial charge is 0.401 e. The molecule has 2 aliphatic rings. The molecule has 7 rings (SSSR count). The first-order chi connectivity index (χ1) is 26.7. The summed E-state index contributed by atoms with van der Waals surface area (Å²) in [5.41, 5.74) is 1.07. The van der Waals surface area contributed by atoms with Crippen LogP contribution in [0.25, 0.3) is 17.1 Å². The molecule has 1 aromatic carbocycles. The van der Waals surface area contributed by atoms with Crippen molar-refractivity contribution < 1.29 is 31.9 Å². The monoisotopic (exact) mass is 775 g/mol. The second-order valence-corrected chi connectivity index (χ2v) is 14.0. The third-order valence-electron chi connectivity index (χ3n) is 9.67. The molecule has 1 atom stereocenters. The van der Waals surface area contributed by atoms with E-state index in [1.165, 1.54) is 29.3 Å². The van der Waals surface area contributed by atoms with Gasteiger partial charge < -0.3 is 15.5 Å². The zero-order chi connectivity index (χ0) is 39.6. The number of imide groups is 1. The van der Waals surface area contributed by atoms with Gasteiger partial charge in [-0.3, -0.25) is 29.7 Å². The van der Waals surface area contributed by atoms with Crippen molar-refractivity contribution in [2.75, 3.05) is 36.4 Å². The molecule has 2 fully saturated rings. The van der Waals surface area contributed by atoms with Gasteiger partial charge in [0, 0.05) is 69.4 Å². The molecule has 1 unspecified atom stereocenters. The minimum absolute atomic E-state index is 0.0718. The highest BCUT2D eigenvalue weighted by molar-refractivity contribution is 6.01. The summed E-state index contributed by atoms with van der Waals surface area (Å²) in [6.07, 6.45) is 3.56. The molecule has 0 spiro atoms. The van der Waals surface area contributed by atoms with Crippen molar-refractivity contribution in [2.45, 2.75) is 57.4 Å². The van der Waals surface area contributed by atoms with Crippen LogP contribution < -0.4 is 20.9 Å². The summed E-state index contributed by atoms with van der Waals surface area (Å²) < 4.78 is 56.3. The molecular weight excluding hydrogens is 738 g/mol. The molecule has 0 bridgehead atoms. The predicted molar refractivity (Wildman–Crippen MR) is 193 cm³/mol. The fourth-order valence-corrected chi connectivity index (χ4v) is 6.14. The van der Waals surface area contributed by atoms with Crippen LogP contribution in [0, 0.1) is 5.82 Å². The number of aromatic amines is 1. The van der Waals surface area contributed by atoms with E-state index < -0.39 is 41.1 Å². The maximum absolute atomic E-state index is 15.1. The van der Waals surface area contributed by atoms with E-state index in [1.807, 2.05) is 29.2 Å². The molecule has 4 N–H and O–H groups in total. The van der Waals surface area contributed by atoms with E-state index in [4.69, 9.17) is 0 Å². The highest BCUT2D eigenvalue weighted by Gasteiger charge is 2.51. The molecule has 5 aromatic rings. The summed E-state index contributed by atoms with van der Waals surface area (Å²) in [6.45, 7) is 5.08. The third-order valence-corrected chi connectivity index (χ3v) is 9.67. The fraction of sp³-hybridized carbons (Fsp3) is 0.361. The van der Waals surface area contributed by atoms with Gasteiger partial charge in [0.1, 0.15) is 17.3 Å². The molecule has 20 heteroatoms. The number of amides is 3. The molecule has 6 heterocycles. The number of carbonyl (C=O) groups is 3. The number of hydrogen-bond acceptors (Lipinski definition) is 12. The molecule has 4 aromatic heterocycles. The minimum atomic E-state index is -4.54. The van der Waals surface area contributed by atoms with Gasteiger partial charge in [-0.2, -0.15) is 23.4 Å². The molecule has 2 aliphatic heterocycles. The highest BCUT2D eigenvalue weighted by atomic mass is 19.4. The van der Waals surface area contributed by atoms with E-state index in [1.54, 1.807) is 12.4 Å². The number of piperidine rings is 1. The van der Waals surface area contributed by atoms with Gasteiger partial charge in [0.15, 0.2) is 17.5 Å². The number of halogens is 4. The number of H-pyrrole nitrogens is 1. The quantitative estimate of drug-likeness (QED) is 0.113. The van der Waals surface area contributed by atoms with Crippen molar-refractivity contribution in [2.24, 2.45) is 0 Å².